The number of hydrogen-bond acceptors (Lipinski definition) is 0. The maximum Gasteiger partial charge on any atom is 0.165 e. The van der Waals surface area contributed by atoms with E-state index in [1.165, 1.54) is 0 Å². The summed E-state index contributed by atoms with van der Waals surface area (Å²) in [5.74, 6) is 0. The van der Waals surface area contributed by atoms with E-state index in [1.807, 2.05) is 6.92 Å². The van der Waals surface area contributed by atoms with Gasteiger partial charge in [-0.15, -0.1) is 0 Å². The van der Waals surface area contributed by atoms with E-state index in [0.29, 0.717) is 12.8 Å². The summed E-state index contributed by atoms with van der Waals surface area (Å²) >= 11 is 0. The number of halogens is 2. The average molecular weight is 107 g/mol. The Morgan fingerprint density at radius 1 is 1.71 bits per heavy atom. The Morgan fingerprint density at radius 2 is 2.29 bits per heavy atom. The molecule has 1 unspecified atom stereocenters. The van der Waals surface area contributed by atoms with Crippen molar-refractivity contribution >= 4 is 0 Å². The number of hydrogen-bond donors (Lipinski definition) is 0. The van der Waals surface area contributed by atoms with Gasteiger partial charge in [-0.2, -0.15) is 0 Å². The summed E-state index contributed by atoms with van der Waals surface area (Å²) in [7, 11) is 0. The van der Waals surface area contributed by atoms with Crippen molar-refractivity contribution in [2.24, 2.45) is 0 Å². The third kappa shape index (κ3) is 3.70. The van der Waals surface area contributed by atoms with Gasteiger partial charge in [0.05, 0.1) is 0 Å². The summed E-state index contributed by atoms with van der Waals surface area (Å²) in [5.41, 5.74) is 0. The van der Waals surface area contributed by atoms with Gasteiger partial charge in [0, 0.05) is 0 Å². The van der Waals surface area contributed by atoms with Gasteiger partial charge in [0.15, 0.2) is 6.67 Å². The van der Waals surface area contributed by atoms with Crippen molar-refractivity contribution in [1.82, 2.24) is 0 Å². The Labute approximate surface area is 42.5 Å². The molecule has 0 fully saturated rings. The van der Waals surface area contributed by atoms with E-state index in [9.17, 15) is 8.78 Å². The zero-order valence-electron chi connectivity index (χ0n) is 4.32. The van der Waals surface area contributed by atoms with Crippen LogP contribution < -0.4 is 0 Å². The van der Waals surface area contributed by atoms with Crippen LogP contribution >= 0.6 is 0 Å². The second-order valence-corrected chi connectivity index (χ2v) is 1.43. The van der Waals surface area contributed by atoms with Crippen LogP contribution in [0.2, 0.25) is 0 Å². The maximum atomic E-state index is 11.7. The Kier molecular flexibility index (Phi) is 3.95. The van der Waals surface area contributed by atoms with E-state index in [2.05, 4.69) is 0 Å². The zero-order valence-corrected chi connectivity index (χ0v) is 4.32. The van der Waals surface area contributed by atoms with Crippen molar-refractivity contribution in [3.05, 3.63) is 6.67 Å². The van der Waals surface area contributed by atoms with Crippen molar-refractivity contribution in [2.75, 3.05) is 0 Å². The van der Waals surface area contributed by atoms with Crippen molar-refractivity contribution < 1.29 is 8.78 Å². The predicted octanol–water partition coefficient (Wildman–Crippen LogP) is 2.26. The van der Waals surface area contributed by atoms with E-state index in [4.69, 9.17) is 0 Å². The molecular weight excluding hydrogens is 98.1 g/mol. The van der Waals surface area contributed by atoms with Crippen LogP contribution in [0.3, 0.4) is 0 Å². The molecular formula is C5H9F2. The van der Waals surface area contributed by atoms with Crippen LogP contribution in [-0.2, 0) is 0 Å². The first-order valence-electron chi connectivity index (χ1n) is 2.39. The highest BCUT2D eigenvalue weighted by Crippen LogP contribution is 2.04. The van der Waals surface area contributed by atoms with Gasteiger partial charge in [-0.05, 0) is 6.42 Å². The molecule has 1 atom stereocenters. The number of alkyl halides is 1. The van der Waals surface area contributed by atoms with E-state index in [-0.39, 0.29) is 6.67 Å². The lowest BCUT2D eigenvalue weighted by atomic mass is 10.2. The molecule has 1 radical (unpaired) electrons. The highest BCUT2D eigenvalue weighted by Gasteiger charge is 2.01. The second kappa shape index (κ2) is 4.03. The summed E-state index contributed by atoms with van der Waals surface area (Å²) < 4.78 is 22.8. The van der Waals surface area contributed by atoms with Crippen LogP contribution in [0.5, 0.6) is 0 Å². The minimum atomic E-state index is -1.34. The molecule has 0 aliphatic carbocycles. The molecule has 43 valence electrons. The molecule has 0 aromatic rings. The standard InChI is InChI=1S/C5H9F2/c1-2-3-5(7)4-6/h4-5H,2-3H2,1H3. The Morgan fingerprint density at radius 3 is 2.43 bits per heavy atom. The molecule has 0 aliphatic heterocycles. The predicted molar refractivity (Wildman–Crippen MR) is 25.2 cm³/mol. The van der Waals surface area contributed by atoms with Gasteiger partial charge in [0.2, 0.25) is 0 Å². The van der Waals surface area contributed by atoms with Crippen LogP contribution in [0.15, 0.2) is 0 Å². The molecule has 0 nitrogen and oxygen atoms in total. The van der Waals surface area contributed by atoms with Crippen LogP contribution in [-0.4, -0.2) is 6.17 Å². The smallest absolute Gasteiger partial charge is 0.165 e. The molecule has 0 saturated heterocycles. The molecule has 0 rings (SSSR count). The monoisotopic (exact) mass is 107 g/mol. The van der Waals surface area contributed by atoms with Crippen molar-refractivity contribution in [3.63, 3.8) is 0 Å². The summed E-state index contributed by atoms with van der Waals surface area (Å²) in [6.07, 6.45) is -0.344. The van der Waals surface area contributed by atoms with Gasteiger partial charge in [-0.25, -0.2) is 8.78 Å². The summed E-state index contributed by atoms with van der Waals surface area (Å²) in [4.78, 5) is 0. The maximum absolute atomic E-state index is 11.7. The normalized spacial score (nSPS) is 14.1. The van der Waals surface area contributed by atoms with E-state index in [0.717, 1.165) is 0 Å². The van der Waals surface area contributed by atoms with Gasteiger partial charge >= 0.3 is 0 Å². The first-order valence-corrected chi connectivity index (χ1v) is 2.39. The Balaban J connectivity index is 2.83. The molecule has 7 heavy (non-hydrogen) atoms. The molecule has 0 N–H and O–H groups in total. The minimum absolute atomic E-state index is 0.0868. The molecule has 0 amide bonds. The quantitative estimate of drug-likeness (QED) is 0.519. The van der Waals surface area contributed by atoms with Crippen LogP contribution in [0, 0.1) is 6.67 Å². The lowest BCUT2D eigenvalue weighted by molar-refractivity contribution is 0.299. The number of rotatable bonds is 3. The van der Waals surface area contributed by atoms with Crippen molar-refractivity contribution in [1.29, 1.82) is 0 Å². The lowest BCUT2D eigenvalue weighted by Crippen LogP contribution is -1.94. The van der Waals surface area contributed by atoms with Gasteiger partial charge in [-0.1, -0.05) is 13.3 Å². The van der Waals surface area contributed by atoms with Crippen LogP contribution in [0.4, 0.5) is 8.78 Å². The SMILES string of the molecule is CCCC(F)[CH]F. The zero-order chi connectivity index (χ0) is 5.70. The first kappa shape index (κ1) is 6.86. The van der Waals surface area contributed by atoms with Gasteiger partial charge < -0.3 is 0 Å². The molecule has 0 aromatic heterocycles. The topological polar surface area (TPSA) is 0 Å². The molecule has 2 heteroatoms. The van der Waals surface area contributed by atoms with E-state index < -0.39 is 6.17 Å². The fraction of sp³-hybridized carbons (Fsp3) is 0.800. The summed E-state index contributed by atoms with van der Waals surface area (Å²) in [6.45, 7) is 1.90. The third-order valence-electron chi connectivity index (χ3n) is 0.701. The first-order chi connectivity index (χ1) is 3.31. The van der Waals surface area contributed by atoms with Crippen molar-refractivity contribution in [2.45, 2.75) is 25.9 Å². The molecule has 0 saturated carbocycles. The van der Waals surface area contributed by atoms with Crippen molar-refractivity contribution in [3.8, 4) is 0 Å². The molecule has 0 bridgehead atoms. The Hall–Kier alpha value is -0.140. The third-order valence-corrected chi connectivity index (χ3v) is 0.701. The van der Waals surface area contributed by atoms with Crippen LogP contribution in [0.1, 0.15) is 19.8 Å². The summed E-state index contributed by atoms with van der Waals surface area (Å²) in [6, 6.07) is 0. The van der Waals surface area contributed by atoms with Gasteiger partial charge in [0.25, 0.3) is 0 Å². The molecule has 0 aromatic carbocycles. The molecule has 0 spiro atoms. The van der Waals surface area contributed by atoms with Gasteiger partial charge in [-0.3, -0.25) is 0 Å². The lowest BCUT2D eigenvalue weighted by Gasteiger charge is -1.95. The van der Waals surface area contributed by atoms with Crippen LogP contribution in [0.25, 0.3) is 0 Å². The second-order valence-electron chi connectivity index (χ2n) is 1.43. The fourth-order valence-corrected chi connectivity index (χ4v) is 0.339. The summed E-state index contributed by atoms with van der Waals surface area (Å²) in [5, 5.41) is 0. The fourth-order valence-electron chi connectivity index (χ4n) is 0.339. The molecule has 0 aliphatic rings. The Bertz CT molecular complexity index is 37.1. The molecule has 0 heterocycles. The van der Waals surface area contributed by atoms with E-state index in [1.54, 1.807) is 0 Å². The average Bonchev–Trinajstić information content (AvgIpc) is 1.68. The van der Waals surface area contributed by atoms with E-state index >= 15 is 0 Å². The highest BCUT2D eigenvalue weighted by molar-refractivity contribution is 4.61. The largest absolute Gasteiger partial charge is 0.244 e. The highest BCUT2D eigenvalue weighted by atomic mass is 19.2. The minimum Gasteiger partial charge on any atom is -0.244 e. The van der Waals surface area contributed by atoms with Gasteiger partial charge in [0.1, 0.15) is 6.17 Å².